The molecule has 9 heteroatoms. The molecule has 3 N–H and O–H groups in total. The van der Waals surface area contributed by atoms with E-state index in [1.807, 2.05) is 47.9 Å². The molecule has 198 valence electrons. The molecule has 3 aromatic rings. The maximum atomic E-state index is 13.1. The number of fused-ring (bicyclic) bond motifs is 1. The van der Waals surface area contributed by atoms with E-state index in [9.17, 15) is 14.7 Å². The Kier molecular flexibility index (Phi) is 8.14. The Morgan fingerprint density at radius 1 is 1.30 bits per heavy atom. The Hall–Kier alpha value is -3.43. The Balaban J connectivity index is 1.76. The maximum absolute atomic E-state index is 13.1. The fourth-order valence-electron chi connectivity index (χ4n) is 4.89. The molecule has 9 nitrogen and oxygen atoms in total. The third-order valence-corrected chi connectivity index (χ3v) is 6.51. The molecule has 1 amide bonds. The summed E-state index contributed by atoms with van der Waals surface area (Å²) in [5.41, 5.74) is 2.24. The first-order valence-corrected chi connectivity index (χ1v) is 12.7. The quantitative estimate of drug-likeness (QED) is 0.355. The van der Waals surface area contributed by atoms with Crippen LogP contribution in [0, 0.1) is 5.92 Å². The lowest BCUT2D eigenvalue weighted by Crippen LogP contribution is -2.29. The number of esters is 1. The van der Waals surface area contributed by atoms with Crippen molar-refractivity contribution in [3.8, 4) is 0 Å². The number of ether oxygens (including phenoxy) is 2. The number of nitrogens with zero attached hydrogens (tertiary/aromatic N) is 2. The predicted molar refractivity (Wildman–Crippen MR) is 143 cm³/mol. The molecule has 0 bridgehead atoms. The van der Waals surface area contributed by atoms with E-state index in [0.29, 0.717) is 55.7 Å². The molecule has 1 fully saturated rings. The first-order chi connectivity index (χ1) is 17.7. The second-order valence-corrected chi connectivity index (χ2v) is 10.3. The summed E-state index contributed by atoms with van der Waals surface area (Å²) in [6, 6.07) is 11.8. The van der Waals surface area contributed by atoms with Crippen LogP contribution in [0.5, 0.6) is 0 Å². The second-order valence-electron chi connectivity index (χ2n) is 10.3. The number of pyridine rings is 1. The molecule has 0 saturated carbocycles. The van der Waals surface area contributed by atoms with Gasteiger partial charge in [-0.2, -0.15) is 0 Å². The van der Waals surface area contributed by atoms with Gasteiger partial charge >= 0.3 is 5.97 Å². The molecule has 0 spiro atoms. The summed E-state index contributed by atoms with van der Waals surface area (Å²) < 4.78 is 12.4. The van der Waals surface area contributed by atoms with Gasteiger partial charge in [-0.15, -0.1) is 0 Å². The first kappa shape index (κ1) is 26.6. The van der Waals surface area contributed by atoms with E-state index in [0.717, 1.165) is 11.3 Å². The number of methoxy groups -OCH3 is 1. The zero-order valence-corrected chi connectivity index (χ0v) is 21.9. The largest absolute Gasteiger partial charge is 0.464 e. The van der Waals surface area contributed by atoms with E-state index in [1.54, 1.807) is 20.0 Å². The molecular formula is C28H36N4O5. The number of aromatic nitrogens is 2. The van der Waals surface area contributed by atoms with Crippen molar-refractivity contribution < 1.29 is 24.2 Å². The summed E-state index contributed by atoms with van der Waals surface area (Å²) in [5, 5.41) is 17.2. The normalized spacial score (nSPS) is 16.5. The van der Waals surface area contributed by atoms with Gasteiger partial charge in [-0.25, -0.2) is 9.78 Å². The number of anilines is 2. The number of carbonyl (C=O) groups excluding carboxylic acids is 2. The fourth-order valence-corrected chi connectivity index (χ4v) is 4.89. The highest BCUT2D eigenvalue weighted by atomic mass is 16.5. The van der Waals surface area contributed by atoms with Gasteiger partial charge in [0.1, 0.15) is 5.65 Å². The topological polar surface area (TPSA) is 115 Å². The molecule has 1 saturated heterocycles. The van der Waals surface area contributed by atoms with Crippen LogP contribution in [0.2, 0.25) is 0 Å². The summed E-state index contributed by atoms with van der Waals surface area (Å²) in [4.78, 5) is 30.9. The van der Waals surface area contributed by atoms with Crippen LogP contribution in [-0.4, -0.2) is 58.5 Å². The fraction of sp³-hybridized carbons (Fsp3) is 0.464. The summed E-state index contributed by atoms with van der Waals surface area (Å²) in [5.74, 6) is -1.03. The van der Waals surface area contributed by atoms with Crippen molar-refractivity contribution in [1.29, 1.82) is 0 Å². The van der Waals surface area contributed by atoms with Crippen molar-refractivity contribution in [1.82, 2.24) is 9.55 Å². The van der Waals surface area contributed by atoms with E-state index in [2.05, 4.69) is 10.6 Å². The van der Waals surface area contributed by atoms with Crippen molar-refractivity contribution in [2.24, 2.45) is 5.92 Å². The zero-order chi connectivity index (χ0) is 26.6. The maximum Gasteiger partial charge on any atom is 0.356 e. The van der Waals surface area contributed by atoms with Crippen molar-refractivity contribution in [3.05, 3.63) is 53.9 Å². The number of hydrogen-bond acceptors (Lipinski definition) is 7. The van der Waals surface area contributed by atoms with Gasteiger partial charge in [0.2, 0.25) is 5.91 Å². The van der Waals surface area contributed by atoms with Crippen LogP contribution in [0.15, 0.2) is 42.6 Å². The van der Waals surface area contributed by atoms with Crippen molar-refractivity contribution in [2.75, 3.05) is 31.0 Å². The van der Waals surface area contributed by atoms with E-state index in [1.165, 1.54) is 7.11 Å². The van der Waals surface area contributed by atoms with Crippen LogP contribution < -0.4 is 10.6 Å². The van der Waals surface area contributed by atoms with Crippen LogP contribution in [0.3, 0.4) is 0 Å². The predicted octanol–water partition coefficient (Wildman–Crippen LogP) is 4.00. The Labute approximate surface area is 217 Å². The molecule has 1 aliphatic heterocycles. The molecule has 0 radical (unpaired) electrons. The van der Waals surface area contributed by atoms with Crippen LogP contribution >= 0.6 is 0 Å². The van der Waals surface area contributed by atoms with Gasteiger partial charge in [-0.3, -0.25) is 4.79 Å². The number of amides is 1. The molecule has 1 aromatic carbocycles. The van der Waals surface area contributed by atoms with Gasteiger partial charge in [0, 0.05) is 24.6 Å². The number of carbonyl (C=O) groups is 2. The molecule has 2 aromatic heterocycles. The minimum absolute atomic E-state index is 0.0341. The average Bonchev–Trinajstić information content (AvgIpc) is 3.49. The zero-order valence-electron chi connectivity index (χ0n) is 21.9. The lowest BCUT2D eigenvalue weighted by atomic mass is 10.0. The summed E-state index contributed by atoms with van der Waals surface area (Å²) in [6.45, 7) is 6.88. The van der Waals surface area contributed by atoms with Crippen LogP contribution in [0.4, 0.5) is 11.4 Å². The minimum Gasteiger partial charge on any atom is -0.464 e. The minimum atomic E-state index is -0.828. The molecule has 4 rings (SSSR count). The average molecular weight is 509 g/mol. The lowest BCUT2D eigenvalue weighted by Gasteiger charge is -2.23. The van der Waals surface area contributed by atoms with E-state index < -0.39 is 11.6 Å². The van der Waals surface area contributed by atoms with Crippen LogP contribution in [0.1, 0.15) is 49.7 Å². The van der Waals surface area contributed by atoms with Gasteiger partial charge < -0.3 is 29.8 Å². The standard InChI is InChI=1S/C28H36N4O5/c1-18(15-28(2,3)35)30-21-14-22-23(31-26(33)20-11-13-37-17-20)24(27(34)36-4)32(25(22)29-16-21)12-10-19-8-6-5-7-9-19/h5-9,14,16,18,20,30,35H,10-13,15,17H2,1-4H3,(H,31,33)/t18-,20+/m0/s1. The van der Waals surface area contributed by atoms with Crippen molar-refractivity contribution in [3.63, 3.8) is 0 Å². The molecular weight excluding hydrogens is 472 g/mol. The first-order valence-electron chi connectivity index (χ1n) is 12.7. The third kappa shape index (κ3) is 6.47. The van der Waals surface area contributed by atoms with Crippen LogP contribution in [0.25, 0.3) is 11.0 Å². The molecule has 0 aliphatic carbocycles. The number of nitrogens with one attached hydrogen (secondary N) is 2. The van der Waals surface area contributed by atoms with Gasteiger partial charge in [-0.05, 0) is 51.7 Å². The number of aliphatic hydroxyl groups is 1. The molecule has 1 aliphatic rings. The number of benzene rings is 1. The van der Waals surface area contributed by atoms with E-state index in [4.69, 9.17) is 14.5 Å². The third-order valence-electron chi connectivity index (χ3n) is 6.51. The van der Waals surface area contributed by atoms with Gasteiger partial charge in [-0.1, -0.05) is 30.3 Å². The van der Waals surface area contributed by atoms with Crippen molar-refractivity contribution >= 4 is 34.3 Å². The smallest absolute Gasteiger partial charge is 0.356 e. The van der Waals surface area contributed by atoms with E-state index >= 15 is 0 Å². The molecule has 2 atom stereocenters. The van der Waals surface area contributed by atoms with Gasteiger partial charge in [0.15, 0.2) is 5.69 Å². The van der Waals surface area contributed by atoms with E-state index in [-0.39, 0.29) is 23.6 Å². The Morgan fingerprint density at radius 2 is 2.05 bits per heavy atom. The molecule has 37 heavy (non-hydrogen) atoms. The van der Waals surface area contributed by atoms with Crippen molar-refractivity contribution in [2.45, 2.75) is 58.2 Å². The Morgan fingerprint density at radius 3 is 2.70 bits per heavy atom. The van der Waals surface area contributed by atoms with Gasteiger partial charge in [0.05, 0.1) is 42.8 Å². The number of hydrogen-bond donors (Lipinski definition) is 3. The summed E-state index contributed by atoms with van der Waals surface area (Å²) >= 11 is 0. The second kappa shape index (κ2) is 11.3. The van der Waals surface area contributed by atoms with Crippen LogP contribution in [-0.2, 0) is 27.2 Å². The molecule has 3 heterocycles. The number of aryl methyl sites for hydroxylation is 2. The highest BCUT2D eigenvalue weighted by molar-refractivity contribution is 6.11. The SMILES string of the molecule is COC(=O)c1c(NC(=O)[C@@H]2CCOC2)c2cc(N[C@@H](C)CC(C)(C)O)cnc2n1CCc1ccccc1. The number of rotatable bonds is 10. The Bertz CT molecular complexity index is 1240. The summed E-state index contributed by atoms with van der Waals surface area (Å²) in [7, 11) is 1.33. The lowest BCUT2D eigenvalue weighted by molar-refractivity contribution is -0.119. The highest BCUT2D eigenvalue weighted by Crippen LogP contribution is 2.34. The monoisotopic (exact) mass is 508 g/mol. The van der Waals surface area contributed by atoms with Gasteiger partial charge in [0.25, 0.3) is 0 Å². The summed E-state index contributed by atoms with van der Waals surface area (Å²) in [6.07, 6.45) is 3.54. The highest BCUT2D eigenvalue weighted by Gasteiger charge is 2.30. The molecule has 0 unspecified atom stereocenters.